The van der Waals surface area contributed by atoms with Gasteiger partial charge in [0.1, 0.15) is 9.88 Å². The van der Waals surface area contributed by atoms with E-state index in [1.54, 1.807) is 4.90 Å². The number of halogens is 1. The number of rotatable bonds is 7. The molecule has 3 rings (SSSR count). The first-order valence-corrected chi connectivity index (χ1v) is 9.95. The minimum atomic E-state index is -0.0942. The molecule has 0 fully saturated rings. The summed E-state index contributed by atoms with van der Waals surface area (Å²) in [7, 11) is 0. The fourth-order valence-electron chi connectivity index (χ4n) is 2.83. The number of carbonyl (C=O) groups excluding carboxylic acids is 1. The maximum atomic E-state index is 13.0. The van der Waals surface area contributed by atoms with Gasteiger partial charge in [-0.05, 0) is 31.0 Å². The molecule has 1 N–H and O–H groups in total. The number of nitrogens with zero attached hydrogens (tertiary/aromatic N) is 2. The monoisotopic (exact) mass is 400 g/mol. The third-order valence-corrected chi connectivity index (χ3v) is 5.66. The predicted octanol–water partition coefficient (Wildman–Crippen LogP) is 4.45. The maximum Gasteiger partial charge on any atom is 0.265 e. The molecule has 27 heavy (non-hydrogen) atoms. The van der Waals surface area contributed by atoms with Crippen LogP contribution in [0.2, 0.25) is 5.02 Å². The molecule has 4 nitrogen and oxygen atoms in total. The van der Waals surface area contributed by atoms with Gasteiger partial charge >= 0.3 is 0 Å². The first kappa shape index (κ1) is 19.5. The second kappa shape index (κ2) is 9.13. The van der Waals surface area contributed by atoms with E-state index in [2.05, 4.69) is 4.98 Å². The van der Waals surface area contributed by atoms with Crippen LogP contribution in [0, 0.1) is 6.92 Å². The quantitative estimate of drug-likeness (QED) is 0.637. The Morgan fingerprint density at radius 3 is 2.63 bits per heavy atom. The third-order valence-electron chi connectivity index (χ3n) is 4.23. The van der Waals surface area contributed by atoms with Gasteiger partial charge in [-0.15, -0.1) is 11.3 Å². The minimum absolute atomic E-state index is 0.0699. The molecule has 2 aromatic carbocycles. The number of aromatic nitrogens is 1. The molecule has 0 atom stereocenters. The first-order valence-electron chi connectivity index (χ1n) is 8.76. The van der Waals surface area contributed by atoms with Crippen LogP contribution in [0.25, 0.3) is 10.6 Å². The molecular formula is C21H21ClN2O2S. The van der Waals surface area contributed by atoms with E-state index in [4.69, 9.17) is 11.6 Å². The number of carbonyl (C=O) groups is 1. The smallest absolute Gasteiger partial charge is 0.265 e. The molecule has 1 heterocycles. The topological polar surface area (TPSA) is 53.4 Å². The predicted molar refractivity (Wildman–Crippen MR) is 110 cm³/mol. The molecule has 0 saturated carbocycles. The number of aryl methyl sites for hydroxylation is 1. The van der Waals surface area contributed by atoms with Gasteiger partial charge in [-0.2, -0.15) is 0 Å². The van der Waals surface area contributed by atoms with E-state index >= 15 is 0 Å². The Kier molecular flexibility index (Phi) is 6.61. The van der Waals surface area contributed by atoms with Crippen LogP contribution in [0.1, 0.15) is 20.9 Å². The average Bonchev–Trinajstić information content (AvgIpc) is 3.07. The molecule has 0 spiro atoms. The second-order valence-electron chi connectivity index (χ2n) is 6.20. The second-order valence-corrected chi connectivity index (χ2v) is 7.63. The highest BCUT2D eigenvalue weighted by molar-refractivity contribution is 7.17. The van der Waals surface area contributed by atoms with E-state index in [1.807, 2.05) is 61.5 Å². The van der Waals surface area contributed by atoms with Crippen molar-refractivity contribution in [3.63, 3.8) is 0 Å². The van der Waals surface area contributed by atoms with E-state index in [0.717, 1.165) is 22.6 Å². The highest BCUT2D eigenvalue weighted by Gasteiger charge is 2.21. The molecule has 0 aliphatic rings. The van der Waals surface area contributed by atoms with Gasteiger partial charge in [0.25, 0.3) is 5.91 Å². The van der Waals surface area contributed by atoms with Crippen LogP contribution in [0.3, 0.4) is 0 Å². The van der Waals surface area contributed by atoms with Crippen molar-refractivity contribution in [1.29, 1.82) is 0 Å². The summed E-state index contributed by atoms with van der Waals surface area (Å²) in [6, 6.07) is 17.5. The van der Waals surface area contributed by atoms with E-state index < -0.39 is 0 Å². The number of thiazole rings is 1. The number of amides is 1. The van der Waals surface area contributed by atoms with E-state index in [1.165, 1.54) is 11.3 Å². The summed E-state index contributed by atoms with van der Waals surface area (Å²) in [6.45, 7) is 2.62. The van der Waals surface area contributed by atoms with Crippen LogP contribution < -0.4 is 0 Å². The zero-order chi connectivity index (χ0) is 19.2. The summed E-state index contributed by atoms with van der Waals surface area (Å²) in [5, 5.41) is 10.8. The normalized spacial score (nSPS) is 10.8. The molecule has 3 aromatic rings. The van der Waals surface area contributed by atoms with Crippen LogP contribution >= 0.6 is 22.9 Å². The Labute approximate surface area is 168 Å². The molecule has 1 amide bonds. The fraction of sp³-hybridized carbons (Fsp3) is 0.238. The van der Waals surface area contributed by atoms with Crippen molar-refractivity contribution in [1.82, 2.24) is 9.88 Å². The molecule has 0 aliphatic heterocycles. The molecule has 140 valence electrons. The average molecular weight is 401 g/mol. The summed E-state index contributed by atoms with van der Waals surface area (Å²) in [4.78, 5) is 19.9. The summed E-state index contributed by atoms with van der Waals surface area (Å²) >= 11 is 7.43. The third kappa shape index (κ3) is 4.95. The van der Waals surface area contributed by atoms with Gasteiger partial charge in [-0.1, -0.05) is 54.1 Å². The van der Waals surface area contributed by atoms with Crippen LogP contribution in [-0.2, 0) is 6.42 Å². The van der Waals surface area contributed by atoms with Crippen molar-refractivity contribution < 1.29 is 9.90 Å². The van der Waals surface area contributed by atoms with Crippen molar-refractivity contribution >= 4 is 28.8 Å². The van der Waals surface area contributed by atoms with Crippen LogP contribution in [0.4, 0.5) is 0 Å². The van der Waals surface area contributed by atoms with Crippen molar-refractivity contribution in [3.05, 3.63) is 75.8 Å². The lowest BCUT2D eigenvalue weighted by atomic mass is 10.1. The zero-order valence-corrected chi connectivity index (χ0v) is 16.6. The van der Waals surface area contributed by atoms with Gasteiger partial charge in [0.05, 0.1) is 12.3 Å². The van der Waals surface area contributed by atoms with Gasteiger partial charge in [0.15, 0.2) is 0 Å². The number of hydrogen-bond donors (Lipinski definition) is 1. The Hall–Kier alpha value is -2.21. The van der Waals surface area contributed by atoms with E-state index in [-0.39, 0.29) is 12.5 Å². The number of aliphatic hydroxyl groups is 1. The molecule has 0 bridgehead atoms. The molecule has 0 unspecified atom stereocenters. The number of benzene rings is 2. The molecule has 0 saturated heterocycles. The molecule has 0 radical (unpaired) electrons. The van der Waals surface area contributed by atoms with Crippen LogP contribution in [-0.4, -0.2) is 40.6 Å². The van der Waals surface area contributed by atoms with Crippen LogP contribution in [0.5, 0.6) is 0 Å². The zero-order valence-electron chi connectivity index (χ0n) is 15.1. The van der Waals surface area contributed by atoms with Gasteiger partial charge in [-0.25, -0.2) is 4.98 Å². The lowest BCUT2D eigenvalue weighted by molar-refractivity contribution is 0.0728. The summed E-state index contributed by atoms with van der Waals surface area (Å²) in [5.41, 5.74) is 2.75. The van der Waals surface area contributed by atoms with Gasteiger partial charge < -0.3 is 10.0 Å². The minimum Gasteiger partial charge on any atom is -0.395 e. The number of hydrogen-bond acceptors (Lipinski definition) is 4. The number of aliphatic hydroxyl groups excluding tert-OH is 1. The van der Waals surface area contributed by atoms with Crippen molar-refractivity contribution in [3.8, 4) is 10.6 Å². The Bertz CT molecular complexity index is 912. The van der Waals surface area contributed by atoms with Gasteiger partial charge in [0.2, 0.25) is 0 Å². The van der Waals surface area contributed by atoms with E-state index in [9.17, 15) is 9.90 Å². The summed E-state index contributed by atoms with van der Waals surface area (Å²) < 4.78 is 0. The van der Waals surface area contributed by atoms with E-state index in [0.29, 0.717) is 28.7 Å². The summed E-state index contributed by atoms with van der Waals surface area (Å²) in [6.07, 6.45) is 0.742. The van der Waals surface area contributed by atoms with Gasteiger partial charge in [-0.3, -0.25) is 4.79 Å². The van der Waals surface area contributed by atoms with Gasteiger partial charge in [0, 0.05) is 23.7 Å². The molecule has 0 aliphatic carbocycles. The lowest BCUT2D eigenvalue weighted by Crippen LogP contribution is -2.35. The molecule has 6 heteroatoms. The molecule has 1 aromatic heterocycles. The summed E-state index contributed by atoms with van der Waals surface area (Å²) in [5.74, 6) is -0.0942. The van der Waals surface area contributed by atoms with Crippen molar-refractivity contribution in [2.45, 2.75) is 13.3 Å². The fourth-order valence-corrected chi connectivity index (χ4v) is 4.05. The first-order chi connectivity index (χ1) is 13.1. The van der Waals surface area contributed by atoms with Crippen molar-refractivity contribution in [2.24, 2.45) is 0 Å². The van der Waals surface area contributed by atoms with Crippen LogP contribution in [0.15, 0.2) is 54.6 Å². The lowest BCUT2D eigenvalue weighted by Gasteiger charge is -2.21. The highest BCUT2D eigenvalue weighted by atomic mass is 35.5. The largest absolute Gasteiger partial charge is 0.395 e. The van der Waals surface area contributed by atoms with Crippen molar-refractivity contribution in [2.75, 3.05) is 19.7 Å². The Morgan fingerprint density at radius 2 is 1.93 bits per heavy atom. The standard InChI is InChI=1S/C21H21ClN2O2S/c1-15-19(27-20(23-15)17-8-5-9-18(22)14-17)21(26)24(12-13-25)11-10-16-6-3-2-4-7-16/h2-9,14,25H,10-13H2,1H3. The SMILES string of the molecule is Cc1nc(-c2cccc(Cl)c2)sc1C(=O)N(CCO)CCc1ccccc1. The maximum absolute atomic E-state index is 13.0. The Balaban J connectivity index is 1.79. The Morgan fingerprint density at radius 1 is 1.15 bits per heavy atom. The highest BCUT2D eigenvalue weighted by Crippen LogP contribution is 2.30. The molecular weight excluding hydrogens is 380 g/mol.